The van der Waals surface area contributed by atoms with Crippen molar-refractivity contribution in [3.8, 4) is 0 Å². The van der Waals surface area contributed by atoms with Gasteiger partial charge in [0, 0.05) is 19.2 Å². The van der Waals surface area contributed by atoms with Crippen LogP contribution in [0.15, 0.2) is 24.3 Å². The van der Waals surface area contributed by atoms with Crippen LogP contribution in [0.5, 0.6) is 0 Å². The molecule has 0 saturated heterocycles. The minimum atomic E-state index is -0.330. The fourth-order valence-corrected chi connectivity index (χ4v) is 1.22. The van der Waals surface area contributed by atoms with E-state index in [4.69, 9.17) is 20.9 Å². The van der Waals surface area contributed by atoms with Crippen LogP contribution in [-0.2, 0) is 9.31 Å². The van der Waals surface area contributed by atoms with Crippen molar-refractivity contribution >= 4 is 24.2 Å². The van der Waals surface area contributed by atoms with Gasteiger partial charge in [0.2, 0.25) is 0 Å². The molecule has 1 aromatic carbocycles. The molecule has 0 bridgehead atoms. The summed E-state index contributed by atoms with van der Waals surface area (Å²) in [5.74, 6) is 0. The highest BCUT2D eigenvalue weighted by Gasteiger charge is 2.17. The summed E-state index contributed by atoms with van der Waals surface area (Å²) >= 11 is 5.79. The zero-order chi connectivity index (χ0) is 8.97. The molecule has 64 valence electrons. The van der Waals surface area contributed by atoms with Gasteiger partial charge in [-0.3, -0.25) is 0 Å². The van der Waals surface area contributed by atoms with E-state index in [-0.39, 0.29) is 7.12 Å². The number of hydrogen-bond donors (Lipinski definition) is 0. The van der Waals surface area contributed by atoms with E-state index in [1.165, 1.54) is 0 Å². The van der Waals surface area contributed by atoms with Crippen LogP contribution in [0, 0.1) is 0 Å². The van der Waals surface area contributed by atoms with E-state index in [9.17, 15) is 0 Å². The molecular weight excluding hydrogens is 174 g/mol. The first-order valence-corrected chi connectivity index (χ1v) is 3.96. The molecule has 0 atom stereocenters. The Morgan fingerprint density at radius 1 is 1.25 bits per heavy atom. The van der Waals surface area contributed by atoms with Crippen molar-refractivity contribution in [1.82, 2.24) is 0 Å². The predicted octanol–water partition coefficient (Wildman–Crippen LogP) is 1.33. The number of hydrogen-bond acceptors (Lipinski definition) is 2. The first-order chi connectivity index (χ1) is 5.77. The molecule has 0 heterocycles. The van der Waals surface area contributed by atoms with Crippen molar-refractivity contribution in [3.63, 3.8) is 0 Å². The third-order valence-electron chi connectivity index (χ3n) is 1.55. The number of benzene rings is 1. The fraction of sp³-hybridized carbons (Fsp3) is 0.250. The second-order valence-corrected chi connectivity index (χ2v) is 2.79. The van der Waals surface area contributed by atoms with Gasteiger partial charge in [-0.1, -0.05) is 23.7 Å². The van der Waals surface area contributed by atoms with Crippen molar-refractivity contribution in [1.29, 1.82) is 0 Å². The Hall–Kier alpha value is -0.505. The number of rotatable bonds is 3. The zero-order valence-electron chi connectivity index (χ0n) is 7.08. The second-order valence-electron chi connectivity index (χ2n) is 2.36. The molecule has 1 rings (SSSR count). The highest BCUT2D eigenvalue weighted by atomic mass is 35.5. The molecule has 0 aromatic heterocycles. The summed E-state index contributed by atoms with van der Waals surface area (Å²) in [4.78, 5) is 0. The third kappa shape index (κ3) is 2.24. The molecule has 0 unspecified atom stereocenters. The summed E-state index contributed by atoms with van der Waals surface area (Å²) < 4.78 is 10.1. The maximum atomic E-state index is 5.79. The van der Waals surface area contributed by atoms with E-state index in [1.54, 1.807) is 14.2 Å². The van der Waals surface area contributed by atoms with Gasteiger partial charge >= 0.3 is 7.12 Å². The maximum absolute atomic E-state index is 5.79. The maximum Gasteiger partial charge on any atom is 0.493 e. The van der Waals surface area contributed by atoms with Gasteiger partial charge in [-0.05, 0) is 17.6 Å². The first kappa shape index (κ1) is 9.58. The van der Waals surface area contributed by atoms with E-state index in [0.29, 0.717) is 5.02 Å². The lowest BCUT2D eigenvalue weighted by Gasteiger charge is -2.07. The summed E-state index contributed by atoms with van der Waals surface area (Å²) in [6.07, 6.45) is 0. The lowest BCUT2D eigenvalue weighted by Crippen LogP contribution is -2.34. The average molecular weight is 184 g/mol. The van der Waals surface area contributed by atoms with E-state index in [1.807, 2.05) is 24.3 Å². The smallest absolute Gasteiger partial charge is 0.410 e. The lowest BCUT2D eigenvalue weighted by molar-refractivity contribution is 0.292. The Morgan fingerprint density at radius 2 is 1.92 bits per heavy atom. The summed E-state index contributed by atoms with van der Waals surface area (Å²) in [5.41, 5.74) is 0.924. The molecule has 0 fully saturated rings. The monoisotopic (exact) mass is 184 g/mol. The van der Waals surface area contributed by atoms with Crippen molar-refractivity contribution in [3.05, 3.63) is 29.3 Å². The largest absolute Gasteiger partial charge is 0.493 e. The van der Waals surface area contributed by atoms with Crippen molar-refractivity contribution in [2.24, 2.45) is 0 Å². The van der Waals surface area contributed by atoms with E-state index in [0.717, 1.165) is 5.46 Å². The van der Waals surface area contributed by atoms with Crippen LogP contribution < -0.4 is 5.46 Å². The average Bonchev–Trinajstić information content (AvgIpc) is 2.07. The van der Waals surface area contributed by atoms with Gasteiger partial charge in [0.15, 0.2) is 0 Å². The normalized spacial score (nSPS) is 9.92. The lowest BCUT2D eigenvalue weighted by atomic mass is 9.79. The molecule has 1 aromatic rings. The highest BCUT2D eigenvalue weighted by molar-refractivity contribution is 6.61. The Bertz CT molecular complexity index is 251. The summed E-state index contributed by atoms with van der Waals surface area (Å²) in [5, 5.41) is 0.687. The molecule has 0 spiro atoms. The van der Waals surface area contributed by atoms with Gasteiger partial charge in [0.25, 0.3) is 0 Å². The molecule has 4 heteroatoms. The molecule has 2 nitrogen and oxygen atoms in total. The summed E-state index contributed by atoms with van der Waals surface area (Å²) in [6, 6.07) is 7.40. The van der Waals surface area contributed by atoms with Gasteiger partial charge in [-0.2, -0.15) is 0 Å². The Labute approximate surface area is 77.6 Å². The van der Waals surface area contributed by atoms with Crippen molar-refractivity contribution in [2.75, 3.05) is 14.2 Å². The minimum absolute atomic E-state index is 0.330. The Balaban J connectivity index is 2.85. The fourth-order valence-electron chi connectivity index (χ4n) is 1.02. The van der Waals surface area contributed by atoms with Crippen LogP contribution in [-0.4, -0.2) is 21.3 Å². The topological polar surface area (TPSA) is 18.5 Å². The molecule has 0 amide bonds. The van der Waals surface area contributed by atoms with Gasteiger partial charge < -0.3 is 9.31 Å². The summed E-state index contributed by atoms with van der Waals surface area (Å²) in [6.45, 7) is 0. The molecular formula is C8H10BClO2. The van der Waals surface area contributed by atoms with Crippen LogP contribution >= 0.6 is 11.6 Å². The molecule has 0 aliphatic heterocycles. The standard InChI is InChI=1S/C8H10BClO2/c1-11-9(12-2)7-4-3-5-8(10)6-7/h3-6H,1-2H3. The predicted molar refractivity (Wildman–Crippen MR) is 50.9 cm³/mol. The molecule has 0 aliphatic rings. The Kier molecular flexibility index (Phi) is 3.60. The van der Waals surface area contributed by atoms with Crippen LogP contribution in [0.1, 0.15) is 0 Å². The van der Waals surface area contributed by atoms with Gasteiger partial charge in [0.1, 0.15) is 0 Å². The quantitative estimate of drug-likeness (QED) is 0.660. The number of halogens is 1. The van der Waals surface area contributed by atoms with E-state index in [2.05, 4.69) is 0 Å². The molecule has 12 heavy (non-hydrogen) atoms. The molecule has 0 aliphatic carbocycles. The van der Waals surface area contributed by atoms with Gasteiger partial charge in [0.05, 0.1) is 0 Å². The van der Waals surface area contributed by atoms with Crippen LogP contribution in [0.3, 0.4) is 0 Å². The van der Waals surface area contributed by atoms with Crippen LogP contribution in [0.2, 0.25) is 5.02 Å². The molecule has 0 radical (unpaired) electrons. The second kappa shape index (κ2) is 4.50. The van der Waals surface area contributed by atoms with Gasteiger partial charge in [-0.15, -0.1) is 0 Å². The minimum Gasteiger partial charge on any atom is -0.410 e. The Morgan fingerprint density at radius 3 is 2.42 bits per heavy atom. The van der Waals surface area contributed by atoms with Crippen LogP contribution in [0.4, 0.5) is 0 Å². The molecule has 0 saturated carbocycles. The third-order valence-corrected chi connectivity index (χ3v) is 1.78. The van der Waals surface area contributed by atoms with E-state index < -0.39 is 0 Å². The highest BCUT2D eigenvalue weighted by Crippen LogP contribution is 2.04. The van der Waals surface area contributed by atoms with Crippen molar-refractivity contribution in [2.45, 2.75) is 0 Å². The van der Waals surface area contributed by atoms with Crippen LogP contribution in [0.25, 0.3) is 0 Å². The van der Waals surface area contributed by atoms with Gasteiger partial charge in [-0.25, -0.2) is 0 Å². The molecule has 0 N–H and O–H groups in total. The SMILES string of the molecule is COB(OC)c1cccc(Cl)c1. The van der Waals surface area contributed by atoms with Crippen molar-refractivity contribution < 1.29 is 9.31 Å². The zero-order valence-corrected chi connectivity index (χ0v) is 7.84. The summed E-state index contributed by atoms with van der Waals surface area (Å²) in [7, 11) is 2.85. The van der Waals surface area contributed by atoms with E-state index >= 15 is 0 Å². The first-order valence-electron chi connectivity index (χ1n) is 3.59.